The van der Waals surface area contributed by atoms with Gasteiger partial charge in [-0.1, -0.05) is 18.2 Å². The van der Waals surface area contributed by atoms with Gasteiger partial charge in [-0.05, 0) is 58.9 Å². The van der Waals surface area contributed by atoms with Crippen LogP contribution in [-0.2, 0) is 15.9 Å². The Bertz CT molecular complexity index is 1040. The van der Waals surface area contributed by atoms with Crippen LogP contribution in [0.4, 0.5) is 4.79 Å². The molecule has 3 heterocycles. The maximum atomic E-state index is 13.2. The van der Waals surface area contributed by atoms with Crippen molar-refractivity contribution in [3.05, 3.63) is 65.5 Å². The number of benzene rings is 1. The molecule has 2 atom stereocenters. The van der Waals surface area contributed by atoms with Crippen molar-refractivity contribution in [1.82, 2.24) is 14.8 Å². The van der Waals surface area contributed by atoms with Gasteiger partial charge in [-0.2, -0.15) is 0 Å². The molecule has 1 aromatic carbocycles. The molecule has 0 saturated carbocycles. The van der Waals surface area contributed by atoms with Crippen molar-refractivity contribution in [2.24, 2.45) is 0 Å². The third-order valence-electron chi connectivity index (χ3n) is 5.76. The smallest absolute Gasteiger partial charge is 0.412 e. The molecule has 1 aromatic heterocycles. The van der Waals surface area contributed by atoms with Gasteiger partial charge in [-0.25, -0.2) is 4.79 Å². The van der Waals surface area contributed by atoms with Crippen LogP contribution in [0.1, 0.15) is 61.0 Å². The fraction of sp³-hybridized carbons (Fsp3) is 0.440. The normalized spacial score (nSPS) is 22.0. The van der Waals surface area contributed by atoms with E-state index in [1.807, 2.05) is 18.2 Å². The lowest BCUT2D eigenvalue weighted by Crippen LogP contribution is -2.52. The van der Waals surface area contributed by atoms with Crippen LogP contribution in [0.15, 0.2) is 48.7 Å². The van der Waals surface area contributed by atoms with Crippen LogP contribution in [-0.4, -0.2) is 62.7 Å². The predicted molar refractivity (Wildman–Crippen MR) is 121 cm³/mol. The van der Waals surface area contributed by atoms with Gasteiger partial charge in [0.15, 0.2) is 0 Å². The molecule has 4 rings (SSSR count). The lowest BCUT2D eigenvalue weighted by atomic mass is 10.0. The number of carbonyl (C=O) groups excluding carboxylic acids is 3. The zero-order valence-electron chi connectivity index (χ0n) is 19.6. The number of amides is 3. The second-order valence-electron chi connectivity index (χ2n) is 9.81. The molecule has 0 aliphatic carbocycles. The highest BCUT2D eigenvalue weighted by Gasteiger charge is 2.53. The van der Waals surface area contributed by atoms with E-state index in [1.54, 1.807) is 70.0 Å². The van der Waals surface area contributed by atoms with E-state index in [9.17, 15) is 14.4 Å². The van der Waals surface area contributed by atoms with Crippen LogP contribution in [0.2, 0.25) is 0 Å². The van der Waals surface area contributed by atoms with Crippen molar-refractivity contribution in [1.29, 1.82) is 0 Å². The second kappa shape index (κ2) is 8.26. The number of hydrogen-bond acceptors (Lipinski definition) is 6. The number of nitrogens with zero attached hydrogens (tertiary/aromatic N) is 3. The third-order valence-corrected chi connectivity index (χ3v) is 5.76. The molecule has 8 nitrogen and oxygen atoms in total. The summed E-state index contributed by atoms with van der Waals surface area (Å²) < 4.78 is 12.0. The molecule has 0 N–H and O–H groups in total. The fourth-order valence-corrected chi connectivity index (χ4v) is 4.44. The number of carbonyl (C=O) groups is 3. The van der Waals surface area contributed by atoms with E-state index in [0.29, 0.717) is 17.5 Å². The summed E-state index contributed by atoms with van der Waals surface area (Å²) in [6.07, 6.45) is 0.944. The van der Waals surface area contributed by atoms with Crippen molar-refractivity contribution in [2.45, 2.75) is 64.5 Å². The zero-order valence-corrected chi connectivity index (χ0v) is 19.6. The van der Waals surface area contributed by atoms with E-state index in [1.165, 1.54) is 4.90 Å². The monoisotopic (exact) mass is 451 g/mol. The van der Waals surface area contributed by atoms with Crippen LogP contribution in [0.25, 0.3) is 0 Å². The SMILES string of the molecule is CC(C)(C)OC(=O)N1C(Cc2ccccn2)C(CN2C(=O)c3ccccc3C2=O)OC1(C)C. The highest BCUT2D eigenvalue weighted by molar-refractivity contribution is 6.21. The molecule has 2 aliphatic rings. The van der Waals surface area contributed by atoms with Crippen LogP contribution in [0.3, 0.4) is 0 Å². The first kappa shape index (κ1) is 22.9. The lowest BCUT2D eigenvalue weighted by Gasteiger charge is -2.35. The number of pyridine rings is 1. The molecule has 2 unspecified atom stereocenters. The van der Waals surface area contributed by atoms with Crippen molar-refractivity contribution in [2.75, 3.05) is 6.54 Å². The van der Waals surface area contributed by atoms with Crippen LogP contribution < -0.4 is 0 Å². The molecule has 2 aliphatic heterocycles. The topological polar surface area (TPSA) is 89.0 Å². The van der Waals surface area contributed by atoms with Gasteiger partial charge in [0.1, 0.15) is 11.3 Å². The number of fused-ring (bicyclic) bond motifs is 1. The summed E-state index contributed by atoms with van der Waals surface area (Å²) in [6.45, 7) is 9.00. The molecule has 3 amide bonds. The first-order chi connectivity index (χ1) is 15.5. The second-order valence-corrected chi connectivity index (χ2v) is 9.81. The number of ether oxygens (including phenoxy) is 2. The minimum absolute atomic E-state index is 0.0204. The van der Waals surface area contributed by atoms with Gasteiger partial charge in [0.2, 0.25) is 0 Å². The predicted octanol–water partition coefficient (Wildman–Crippen LogP) is 3.66. The van der Waals surface area contributed by atoms with Crippen LogP contribution in [0, 0.1) is 0 Å². The Balaban J connectivity index is 1.65. The Morgan fingerprint density at radius 3 is 2.21 bits per heavy atom. The Labute approximate surface area is 193 Å². The molecule has 1 saturated heterocycles. The number of hydrogen-bond donors (Lipinski definition) is 0. The van der Waals surface area contributed by atoms with Gasteiger partial charge < -0.3 is 9.47 Å². The van der Waals surface area contributed by atoms with Crippen LogP contribution >= 0.6 is 0 Å². The minimum Gasteiger partial charge on any atom is -0.444 e. The van der Waals surface area contributed by atoms with Crippen molar-refractivity contribution in [3.63, 3.8) is 0 Å². The molecule has 0 radical (unpaired) electrons. The number of rotatable bonds is 4. The number of aromatic nitrogens is 1. The summed E-state index contributed by atoms with van der Waals surface area (Å²) >= 11 is 0. The van der Waals surface area contributed by atoms with E-state index in [4.69, 9.17) is 9.47 Å². The van der Waals surface area contributed by atoms with E-state index in [0.717, 1.165) is 5.69 Å². The molecule has 174 valence electrons. The summed E-state index contributed by atoms with van der Waals surface area (Å²) in [5.41, 5.74) is -0.172. The average Bonchev–Trinajstić information content (AvgIpc) is 3.12. The quantitative estimate of drug-likeness (QED) is 0.659. The molecule has 33 heavy (non-hydrogen) atoms. The Hall–Kier alpha value is -3.26. The Kier molecular flexibility index (Phi) is 5.74. The maximum absolute atomic E-state index is 13.2. The van der Waals surface area contributed by atoms with E-state index >= 15 is 0 Å². The summed E-state index contributed by atoms with van der Waals surface area (Å²) in [7, 11) is 0. The highest BCUT2D eigenvalue weighted by Crippen LogP contribution is 2.36. The van der Waals surface area contributed by atoms with Crippen molar-refractivity contribution in [3.8, 4) is 0 Å². The number of imide groups is 1. The summed E-state index contributed by atoms with van der Waals surface area (Å²) in [5.74, 6) is -0.714. The first-order valence-corrected chi connectivity index (χ1v) is 11.0. The van der Waals surface area contributed by atoms with Gasteiger partial charge in [0.05, 0.1) is 29.8 Å². The summed E-state index contributed by atoms with van der Waals surface area (Å²) in [5, 5.41) is 0. The van der Waals surface area contributed by atoms with Crippen molar-refractivity contribution >= 4 is 17.9 Å². The summed E-state index contributed by atoms with van der Waals surface area (Å²) in [4.78, 5) is 46.3. The zero-order chi connectivity index (χ0) is 24.0. The van der Waals surface area contributed by atoms with Crippen molar-refractivity contribution < 1.29 is 23.9 Å². The average molecular weight is 452 g/mol. The standard InChI is InChI=1S/C25H29N3O5/c1-24(2,3)33-23(31)28-19(14-16-10-8-9-13-26-16)20(32-25(28,4)5)15-27-21(29)17-11-6-7-12-18(17)22(27)30/h6-13,19-20H,14-15H2,1-5H3. The fourth-order valence-electron chi connectivity index (χ4n) is 4.44. The molecule has 0 bridgehead atoms. The van der Waals surface area contributed by atoms with Gasteiger partial charge >= 0.3 is 6.09 Å². The van der Waals surface area contributed by atoms with Gasteiger partial charge in [-0.3, -0.25) is 24.4 Å². The first-order valence-electron chi connectivity index (χ1n) is 11.0. The van der Waals surface area contributed by atoms with E-state index in [-0.39, 0.29) is 18.4 Å². The molecular weight excluding hydrogens is 422 g/mol. The summed E-state index contributed by atoms with van der Waals surface area (Å²) in [6, 6.07) is 11.8. The molecule has 0 spiro atoms. The largest absolute Gasteiger partial charge is 0.444 e. The highest BCUT2D eigenvalue weighted by atomic mass is 16.6. The molecule has 1 fully saturated rings. The Morgan fingerprint density at radius 2 is 1.67 bits per heavy atom. The molecule has 2 aromatic rings. The minimum atomic E-state index is -1.01. The van der Waals surface area contributed by atoms with E-state index < -0.39 is 29.6 Å². The molecular formula is C25H29N3O5. The Morgan fingerprint density at radius 1 is 1.06 bits per heavy atom. The maximum Gasteiger partial charge on any atom is 0.412 e. The van der Waals surface area contributed by atoms with Crippen LogP contribution in [0.5, 0.6) is 0 Å². The van der Waals surface area contributed by atoms with Gasteiger partial charge in [-0.15, -0.1) is 0 Å². The van der Waals surface area contributed by atoms with Gasteiger partial charge in [0, 0.05) is 18.3 Å². The third kappa shape index (κ3) is 4.48. The van der Waals surface area contributed by atoms with Gasteiger partial charge in [0.25, 0.3) is 11.8 Å². The molecule has 8 heteroatoms. The van der Waals surface area contributed by atoms with E-state index in [2.05, 4.69) is 4.98 Å². The lowest BCUT2D eigenvalue weighted by molar-refractivity contribution is -0.0809.